The molecule has 1 N–H and O–H groups in total. The molecule has 1 amide bonds. The van der Waals surface area contributed by atoms with Gasteiger partial charge in [0.1, 0.15) is 5.75 Å². The molecule has 0 radical (unpaired) electrons. The second-order valence-electron chi connectivity index (χ2n) is 6.47. The van der Waals surface area contributed by atoms with Crippen molar-refractivity contribution in [3.8, 4) is 5.75 Å². The first-order chi connectivity index (χ1) is 13.3. The van der Waals surface area contributed by atoms with Gasteiger partial charge in [0.15, 0.2) is 0 Å². The van der Waals surface area contributed by atoms with E-state index in [1.165, 1.54) is 11.3 Å². The van der Waals surface area contributed by atoms with Gasteiger partial charge in [0.2, 0.25) is 0 Å². The second-order valence-corrected chi connectivity index (χ2v) is 6.47. The number of hydrogen-bond acceptors (Lipinski definition) is 4. The summed E-state index contributed by atoms with van der Waals surface area (Å²) in [4.78, 5) is 19.3. The summed E-state index contributed by atoms with van der Waals surface area (Å²) in [7, 11) is 1.58. The SMILES string of the molecule is COc1ccccc1NC(=O)c1cncc(N2CCCc3ccccc32)c1. The molecule has 2 aromatic carbocycles. The molecule has 0 unspecified atom stereocenters. The van der Waals surface area contributed by atoms with Crippen molar-refractivity contribution < 1.29 is 9.53 Å². The number of carbonyl (C=O) groups excluding carboxylic acids is 1. The Balaban J connectivity index is 1.61. The van der Waals surface area contributed by atoms with E-state index in [2.05, 4.69) is 33.4 Å². The smallest absolute Gasteiger partial charge is 0.257 e. The fourth-order valence-electron chi connectivity index (χ4n) is 3.44. The Hall–Kier alpha value is -3.34. The van der Waals surface area contributed by atoms with Crippen LogP contribution in [-0.2, 0) is 6.42 Å². The molecule has 0 bridgehead atoms. The molecule has 0 atom stereocenters. The summed E-state index contributed by atoms with van der Waals surface area (Å²) in [5.41, 5.74) is 4.59. The van der Waals surface area contributed by atoms with Gasteiger partial charge in [-0.2, -0.15) is 0 Å². The van der Waals surface area contributed by atoms with Crippen molar-refractivity contribution in [3.63, 3.8) is 0 Å². The average Bonchev–Trinajstić information content (AvgIpc) is 2.74. The van der Waals surface area contributed by atoms with Crippen LogP contribution in [0.3, 0.4) is 0 Å². The van der Waals surface area contributed by atoms with Crippen LogP contribution < -0.4 is 15.0 Å². The number of methoxy groups -OCH3 is 1. The van der Waals surface area contributed by atoms with E-state index in [0.29, 0.717) is 17.0 Å². The van der Waals surface area contributed by atoms with Crippen molar-refractivity contribution in [3.05, 3.63) is 78.1 Å². The van der Waals surface area contributed by atoms with E-state index in [1.807, 2.05) is 42.6 Å². The van der Waals surface area contributed by atoms with Crippen LogP contribution in [0.5, 0.6) is 5.75 Å². The summed E-state index contributed by atoms with van der Waals surface area (Å²) in [5, 5.41) is 2.90. The minimum atomic E-state index is -0.209. The molecule has 5 heteroatoms. The van der Waals surface area contributed by atoms with Gasteiger partial charge in [-0.05, 0) is 42.7 Å². The Morgan fingerprint density at radius 2 is 1.93 bits per heavy atom. The summed E-state index contributed by atoms with van der Waals surface area (Å²) in [5.74, 6) is 0.416. The number of hydrogen-bond donors (Lipinski definition) is 1. The number of carbonyl (C=O) groups is 1. The molecule has 1 aliphatic heterocycles. The predicted molar refractivity (Wildman–Crippen MR) is 107 cm³/mol. The maximum atomic E-state index is 12.7. The summed E-state index contributed by atoms with van der Waals surface area (Å²) in [6, 6.07) is 17.6. The summed E-state index contributed by atoms with van der Waals surface area (Å²) in [6.45, 7) is 0.913. The van der Waals surface area contributed by atoms with Gasteiger partial charge >= 0.3 is 0 Å². The number of fused-ring (bicyclic) bond motifs is 1. The first kappa shape index (κ1) is 17.1. The summed E-state index contributed by atoms with van der Waals surface area (Å²) >= 11 is 0. The quantitative estimate of drug-likeness (QED) is 0.749. The normalized spacial score (nSPS) is 13.0. The lowest BCUT2D eigenvalue weighted by Crippen LogP contribution is -2.25. The zero-order valence-corrected chi connectivity index (χ0v) is 15.2. The van der Waals surface area contributed by atoms with E-state index >= 15 is 0 Å². The van der Waals surface area contributed by atoms with Crippen LogP contribution >= 0.6 is 0 Å². The highest BCUT2D eigenvalue weighted by Crippen LogP contribution is 2.33. The molecule has 27 heavy (non-hydrogen) atoms. The number of nitrogens with zero attached hydrogens (tertiary/aromatic N) is 2. The number of aromatic nitrogens is 1. The number of aryl methyl sites for hydroxylation is 1. The van der Waals surface area contributed by atoms with Crippen LogP contribution in [0, 0.1) is 0 Å². The van der Waals surface area contributed by atoms with Crippen molar-refractivity contribution in [2.45, 2.75) is 12.8 Å². The van der Waals surface area contributed by atoms with Crippen LogP contribution in [0.2, 0.25) is 0 Å². The zero-order valence-electron chi connectivity index (χ0n) is 15.2. The second kappa shape index (κ2) is 7.50. The highest BCUT2D eigenvalue weighted by Gasteiger charge is 2.19. The highest BCUT2D eigenvalue weighted by molar-refractivity contribution is 6.05. The van der Waals surface area contributed by atoms with E-state index in [1.54, 1.807) is 13.3 Å². The van der Waals surface area contributed by atoms with Crippen LogP contribution in [0.4, 0.5) is 17.1 Å². The van der Waals surface area contributed by atoms with Crippen LogP contribution in [0.25, 0.3) is 0 Å². The van der Waals surface area contributed by atoms with Gasteiger partial charge in [0.05, 0.1) is 30.2 Å². The monoisotopic (exact) mass is 359 g/mol. The van der Waals surface area contributed by atoms with Crippen LogP contribution in [0.1, 0.15) is 22.3 Å². The Morgan fingerprint density at radius 1 is 1.11 bits per heavy atom. The topological polar surface area (TPSA) is 54.5 Å². The molecular weight excluding hydrogens is 338 g/mol. The third-order valence-corrected chi connectivity index (χ3v) is 4.76. The maximum absolute atomic E-state index is 12.7. The van der Waals surface area contributed by atoms with Gasteiger partial charge in [-0.1, -0.05) is 30.3 Å². The molecule has 0 spiro atoms. The molecule has 5 nitrogen and oxygen atoms in total. The zero-order chi connectivity index (χ0) is 18.6. The molecule has 4 rings (SSSR count). The minimum Gasteiger partial charge on any atom is -0.495 e. The van der Waals surface area contributed by atoms with Crippen molar-refractivity contribution in [1.82, 2.24) is 4.98 Å². The Labute approximate surface area is 158 Å². The number of para-hydroxylation sites is 3. The van der Waals surface area contributed by atoms with E-state index in [0.717, 1.165) is 25.1 Å². The third-order valence-electron chi connectivity index (χ3n) is 4.76. The maximum Gasteiger partial charge on any atom is 0.257 e. The van der Waals surface area contributed by atoms with Gasteiger partial charge < -0.3 is 15.0 Å². The lowest BCUT2D eigenvalue weighted by Gasteiger charge is -2.31. The Morgan fingerprint density at radius 3 is 2.81 bits per heavy atom. The summed E-state index contributed by atoms with van der Waals surface area (Å²) in [6.07, 6.45) is 5.55. The number of amides is 1. The minimum absolute atomic E-state index is 0.209. The van der Waals surface area contributed by atoms with E-state index in [9.17, 15) is 4.79 Å². The molecule has 0 saturated heterocycles. The van der Waals surface area contributed by atoms with Gasteiger partial charge in [-0.15, -0.1) is 0 Å². The Bertz CT molecular complexity index is 971. The number of pyridine rings is 1. The Kier molecular flexibility index (Phi) is 4.75. The van der Waals surface area contributed by atoms with Gasteiger partial charge in [0.25, 0.3) is 5.91 Å². The van der Waals surface area contributed by atoms with E-state index in [-0.39, 0.29) is 5.91 Å². The lowest BCUT2D eigenvalue weighted by atomic mass is 10.0. The third kappa shape index (κ3) is 3.49. The van der Waals surface area contributed by atoms with Crippen LogP contribution in [-0.4, -0.2) is 24.5 Å². The predicted octanol–water partition coefficient (Wildman–Crippen LogP) is 4.43. The van der Waals surface area contributed by atoms with E-state index < -0.39 is 0 Å². The average molecular weight is 359 g/mol. The van der Waals surface area contributed by atoms with Gasteiger partial charge in [-0.3, -0.25) is 9.78 Å². The fraction of sp³-hybridized carbons (Fsp3) is 0.182. The highest BCUT2D eigenvalue weighted by atomic mass is 16.5. The summed E-state index contributed by atoms with van der Waals surface area (Å²) < 4.78 is 5.30. The van der Waals surface area contributed by atoms with E-state index in [4.69, 9.17) is 4.74 Å². The molecule has 1 aliphatic rings. The molecule has 3 aromatic rings. The molecule has 0 aliphatic carbocycles. The first-order valence-electron chi connectivity index (χ1n) is 9.01. The standard InChI is InChI=1S/C22H21N3O2/c1-27-21-11-5-3-9-19(21)24-22(26)17-13-18(15-23-14-17)25-12-6-8-16-7-2-4-10-20(16)25/h2-5,7,9-11,13-15H,6,8,12H2,1H3,(H,24,26). The number of anilines is 3. The fourth-order valence-corrected chi connectivity index (χ4v) is 3.44. The number of rotatable bonds is 4. The number of benzene rings is 2. The lowest BCUT2D eigenvalue weighted by molar-refractivity contribution is 0.102. The van der Waals surface area contributed by atoms with Crippen molar-refractivity contribution in [2.75, 3.05) is 23.9 Å². The number of ether oxygens (including phenoxy) is 1. The number of nitrogens with one attached hydrogen (secondary N) is 1. The van der Waals surface area contributed by atoms with Gasteiger partial charge in [0, 0.05) is 18.4 Å². The van der Waals surface area contributed by atoms with Crippen LogP contribution in [0.15, 0.2) is 67.0 Å². The molecule has 2 heterocycles. The molecule has 0 fully saturated rings. The largest absolute Gasteiger partial charge is 0.495 e. The van der Waals surface area contributed by atoms with Gasteiger partial charge in [-0.25, -0.2) is 0 Å². The molecule has 1 aromatic heterocycles. The van der Waals surface area contributed by atoms with Crippen molar-refractivity contribution in [2.24, 2.45) is 0 Å². The first-order valence-corrected chi connectivity index (χ1v) is 9.01. The van der Waals surface area contributed by atoms with Crippen molar-refractivity contribution >= 4 is 23.0 Å². The van der Waals surface area contributed by atoms with Crippen molar-refractivity contribution in [1.29, 1.82) is 0 Å². The molecular formula is C22H21N3O2. The molecule has 0 saturated carbocycles. The molecule has 136 valence electrons.